The number of likely N-dealkylation sites (tertiary alicyclic amines) is 1. The van der Waals surface area contributed by atoms with Gasteiger partial charge in [-0.1, -0.05) is 19.8 Å². The van der Waals surface area contributed by atoms with Gasteiger partial charge in [0.05, 0.1) is 12.7 Å². The monoisotopic (exact) mass is 258 g/mol. The second kappa shape index (κ2) is 9.73. The topological polar surface area (TPSA) is 44.7 Å². The van der Waals surface area contributed by atoms with Gasteiger partial charge in [0.1, 0.15) is 0 Å². The number of piperidine rings is 1. The SMILES string of the molecule is CCCCOCC(O)CN1CCCCC1CNC. The lowest BCUT2D eigenvalue weighted by Gasteiger charge is -2.36. The van der Waals surface area contributed by atoms with E-state index in [-0.39, 0.29) is 6.10 Å². The van der Waals surface area contributed by atoms with Crippen LogP contribution in [0.2, 0.25) is 0 Å². The molecule has 0 aromatic rings. The second-order valence-corrected chi connectivity index (χ2v) is 5.28. The summed E-state index contributed by atoms with van der Waals surface area (Å²) in [5.74, 6) is 0. The zero-order valence-corrected chi connectivity index (χ0v) is 12.0. The van der Waals surface area contributed by atoms with Crippen molar-refractivity contribution >= 4 is 0 Å². The van der Waals surface area contributed by atoms with Gasteiger partial charge in [-0.25, -0.2) is 0 Å². The van der Waals surface area contributed by atoms with Crippen LogP contribution in [0.4, 0.5) is 0 Å². The first-order chi connectivity index (χ1) is 8.77. The molecule has 1 fully saturated rings. The predicted molar refractivity (Wildman–Crippen MR) is 74.9 cm³/mol. The Balaban J connectivity index is 2.20. The highest BCUT2D eigenvalue weighted by molar-refractivity contribution is 4.80. The summed E-state index contributed by atoms with van der Waals surface area (Å²) < 4.78 is 5.48. The Morgan fingerprint density at radius 3 is 3.00 bits per heavy atom. The number of unbranched alkanes of at least 4 members (excludes halogenated alkanes) is 1. The van der Waals surface area contributed by atoms with Crippen LogP contribution in [0.25, 0.3) is 0 Å². The number of likely N-dealkylation sites (N-methyl/N-ethyl adjacent to an activating group) is 1. The Hall–Kier alpha value is -0.160. The van der Waals surface area contributed by atoms with Crippen LogP contribution in [-0.4, -0.2) is 62.0 Å². The first-order valence-corrected chi connectivity index (χ1v) is 7.42. The van der Waals surface area contributed by atoms with Crippen LogP contribution in [0.3, 0.4) is 0 Å². The summed E-state index contributed by atoms with van der Waals surface area (Å²) in [6, 6.07) is 0.578. The molecule has 2 N–H and O–H groups in total. The van der Waals surface area contributed by atoms with Gasteiger partial charge in [0.15, 0.2) is 0 Å². The summed E-state index contributed by atoms with van der Waals surface area (Å²) in [5.41, 5.74) is 0. The molecule has 0 saturated carbocycles. The maximum Gasteiger partial charge on any atom is 0.0900 e. The van der Waals surface area contributed by atoms with Gasteiger partial charge in [-0.2, -0.15) is 0 Å². The zero-order valence-electron chi connectivity index (χ0n) is 12.0. The van der Waals surface area contributed by atoms with Crippen molar-refractivity contribution in [3.63, 3.8) is 0 Å². The summed E-state index contributed by atoms with van der Waals surface area (Å²) in [5, 5.41) is 13.2. The molecule has 0 aliphatic carbocycles. The van der Waals surface area contributed by atoms with Gasteiger partial charge >= 0.3 is 0 Å². The fourth-order valence-corrected chi connectivity index (χ4v) is 2.56. The molecule has 4 nitrogen and oxygen atoms in total. The third kappa shape index (κ3) is 6.14. The quantitative estimate of drug-likeness (QED) is 0.611. The van der Waals surface area contributed by atoms with Gasteiger partial charge in [-0.3, -0.25) is 4.90 Å². The molecule has 1 heterocycles. The van der Waals surface area contributed by atoms with E-state index in [4.69, 9.17) is 4.74 Å². The minimum atomic E-state index is -0.348. The highest BCUT2D eigenvalue weighted by Gasteiger charge is 2.23. The molecule has 0 aromatic carbocycles. The molecule has 0 aromatic heterocycles. The molecule has 1 rings (SSSR count). The fourth-order valence-electron chi connectivity index (χ4n) is 2.56. The number of nitrogens with zero attached hydrogens (tertiary/aromatic N) is 1. The lowest BCUT2D eigenvalue weighted by molar-refractivity contribution is 0.00181. The molecule has 108 valence electrons. The molecule has 18 heavy (non-hydrogen) atoms. The van der Waals surface area contributed by atoms with E-state index in [0.717, 1.165) is 39.1 Å². The van der Waals surface area contributed by atoms with Crippen molar-refractivity contribution in [3.8, 4) is 0 Å². The number of β-amino-alcohol motifs (C(OH)–C–C–N with tert-alkyl or cyclic N) is 1. The Morgan fingerprint density at radius 1 is 1.44 bits per heavy atom. The smallest absolute Gasteiger partial charge is 0.0900 e. The van der Waals surface area contributed by atoms with Crippen LogP contribution in [0.1, 0.15) is 39.0 Å². The molecular weight excluding hydrogens is 228 g/mol. The Bertz CT molecular complexity index is 200. The van der Waals surface area contributed by atoms with Crippen LogP contribution in [0.5, 0.6) is 0 Å². The van der Waals surface area contributed by atoms with Crippen LogP contribution in [0.15, 0.2) is 0 Å². The molecule has 4 heteroatoms. The molecular formula is C14H30N2O2. The molecule has 0 spiro atoms. The number of aliphatic hydroxyl groups excluding tert-OH is 1. The minimum absolute atomic E-state index is 0.348. The highest BCUT2D eigenvalue weighted by Crippen LogP contribution is 2.16. The average Bonchev–Trinajstić information content (AvgIpc) is 2.37. The van der Waals surface area contributed by atoms with E-state index in [1.54, 1.807) is 0 Å². The molecule has 2 atom stereocenters. The summed E-state index contributed by atoms with van der Waals surface area (Å²) in [6.45, 7) is 6.27. The first kappa shape index (κ1) is 15.9. The van der Waals surface area contributed by atoms with Crippen molar-refractivity contribution in [1.29, 1.82) is 0 Å². The number of nitrogens with one attached hydrogen (secondary N) is 1. The lowest BCUT2D eigenvalue weighted by atomic mass is 10.0. The molecule has 0 amide bonds. The lowest BCUT2D eigenvalue weighted by Crippen LogP contribution is -2.48. The molecule has 0 bridgehead atoms. The van der Waals surface area contributed by atoms with Crippen molar-refractivity contribution in [2.24, 2.45) is 0 Å². The molecule has 1 aliphatic rings. The van der Waals surface area contributed by atoms with Crippen LogP contribution in [0, 0.1) is 0 Å². The van der Waals surface area contributed by atoms with Crippen molar-refractivity contribution in [2.75, 3.05) is 39.9 Å². The average molecular weight is 258 g/mol. The Kier molecular flexibility index (Phi) is 8.59. The van der Waals surface area contributed by atoms with Crippen molar-refractivity contribution in [3.05, 3.63) is 0 Å². The van der Waals surface area contributed by atoms with Crippen molar-refractivity contribution < 1.29 is 9.84 Å². The first-order valence-electron chi connectivity index (χ1n) is 7.42. The van der Waals surface area contributed by atoms with Crippen molar-refractivity contribution in [1.82, 2.24) is 10.2 Å². The van der Waals surface area contributed by atoms with E-state index in [0.29, 0.717) is 12.6 Å². The van der Waals surface area contributed by atoms with E-state index < -0.39 is 0 Å². The largest absolute Gasteiger partial charge is 0.389 e. The minimum Gasteiger partial charge on any atom is -0.389 e. The molecule has 2 unspecified atom stereocenters. The fraction of sp³-hybridized carbons (Fsp3) is 1.00. The predicted octanol–water partition coefficient (Wildman–Crippen LogP) is 1.24. The van der Waals surface area contributed by atoms with Crippen molar-refractivity contribution in [2.45, 2.75) is 51.2 Å². The van der Waals surface area contributed by atoms with Gasteiger partial charge < -0.3 is 15.2 Å². The molecule has 1 saturated heterocycles. The summed E-state index contributed by atoms with van der Waals surface area (Å²) in [6.07, 6.45) is 5.68. The van der Waals surface area contributed by atoms with Gasteiger partial charge in [-0.15, -0.1) is 0 Å². The third-order valence-corrected chi connectivity index (χ3v) is 3.59. The van der Waals surface area contributed by atoms with E-state index in [1.807, 2.05) is 7.05 Å². The molecule has 0 radical (unpaired) electrons. The summed E-state index contributed by atoms with van der Waals surface area (Å²) in [7, 11) is 2.00. The third-order valence-electron chi connectivity index (χ3n) is 3.59. The van der Waals surface area contributed by atoms with E-state index in [9.17, 15) is 5.11 Å². The second-order valence-electron chi connectivity index (χ2n) is 5.28. The van der Waals surface area contributed by atoms with E-state index in [1.165, 1.54) is 19.3 Å². The Labute approximate surface area is 112 Å². The number of hydrogen-bond acceptors (Lipinski definition) is 4. The highest BCUT2D eigenvalue weighted by atomic mass is 16.5. The zero-order chi connectivity index (χ0) is 13.2. The molecule has 1 aliphatic heterocycles. The Morgan fingerprint density at radius 2 is 2.28 bits per heavy atom. The van der Waals surface area contributed by atoms with E-state index >= 15 is 0 Å². The van der Waals surface area contributed by atoms with Crippen LogP contribution >= 0.6 is 0 Å². The van der Waals surface area contributed by atoms with Gasteiger partial charge in [-0.05, 0) is 32.9 Å². The van der Waals surface area contributed by atoms with Gasteiger partial charge in [0, 0.05) is 25.7 Å². The maximum atomic E-state index is 10.00. The van der Waals surface area contributed by atoms with Gasteiger partial charge in [0.2, 0.25) is 0 Å². The number of ether oxygens (including phenoxy) is 1. The van der Waals surface area contributed by atoms with Crippen LogP contribution in [-0.2, 0) is 4.74 Å². The standard InChI is InChI=1S/C14H30N2O2/c1-3-4-9-18-12-14(17)11-16-8-6-5-7-13(16)10-15-2/h13-15,17H,3-12H2,1-2H3. The maximum absolute atomic E-state index is 10.00. The summed E-state index contributed by atoms with van der Waals surface area (Å²) >= 11 is 0. The van der Waals surface area contributed by atoms with E-state index in [2.05, 4.69) is 17.1 Å². The summed E-state index contributed by atoms with van der Waals surface area (Å²) in [4.78, 5) is 2.41. The normalized spacial score (nSPS) is 23.2. The number of aliphatic hydroxyl groups is 1. The van der Waals surface area contributed by atoms with Crippen LogP contribution < -0.4 is 5.32 Å². The number of rotatable bonds is 9. The van der Waals surface area contributed by atoms with Gasteiger partial charge in [0.25, 0.3) is 0 Å². The number of hydrogen-bond donors (Lipinski definition) is 2.